The maximum atomic E-state index is 12.6. The number of nitrogens with zero attached hydrogens (tertiary/aromatic N) is 3. The lowest BCUT2D eigenvalue weighted by atomic mass is 9.83. The molecule has 0 radical (unpaired) electrons. The van der Waals surface area contributed by atoms with E-state index in [4.69, 9.17) is 14.2 Å². The first-order chi connectivity index (χ1) is 12.1. The zero-order chi connectivity index (χ0) is 17.3. The van der Waals surface area contributed by atoms with Crippen LogP contribution in [0, 0.1) is 12.8 Å². The van der Waals surface area contributed by atoms with E-state index >= 15 is 0 Å². The molecule has 25 heavy (non-hydrogen) atoms. The van der Waals surface area contributed by atoms with Crippen molar-refractivity contribution in [2.24, 2.45) is 5.92 Å². The number of carbonyl (C=O) groups is 1. The van der Waals surface area contributed by atoms with Crippen LogP contribution in [0.3, 0.4) is 0 Å². The van der Waals surface area contributed by atoms with E-state index in [9.17, 15) is 4.79 Å². The van der Waals surface area contributed by atoms with E-state index in [1.54, 1.807) is 12.4 Å². The van der Waals surface area contributed by atoms with Gasteiger partial charge in [0, 0.05) is 38.2 Å². The Morgan fingerprint density at radius 2 is 2.04 bits per heavy atom. The molecule has 3 fully saturated rings. The third kappa shape index (κ3) is 3.62. The number of aromatic nitrogens is 2. The molecule has 0 bridgehead atoms. The van der Waals surface area contributed by atoms with Crippen molar-refractivity contribution in [2.75, 3.05) is 32.9 Å². The SMILES string of the molecule is Cc1cncc(OC2CCOC3(C2)CN(C(=O)C2CCOCC2)C3)n1. The van der Waals surface area contributed by atoms with E-state index in [1.807, 2.05) is 11.8 Å². The quantitative estimate of drug-likeness (QED) is 0.822. The van der Waals surface area contributed by atoms with Gasteiger partial charge in [-0.3, -0.25) is 9.78 Å². The number of amides is 1. The monoisotopic (exact) mass is 347 g/mol. The summed E-state index contributed by atoms with van der Waals surface area (Å²) in [4.78, 5) is 23.0. The molecule has 4 heterocycles. The number of ether oxygens (including phenoxy) is 3. The largest absolute Gasteiger partial charge is 0.473 e. The molecule has 1 aromatic rings. The highest BCUT2D eigenvalue weighted by Gasteiger charge is 2.50. The van der Waals surface area contributed by atoms with Crippen LogP contribution in [-0.2, 0) is 14.3 Å². The average Bonchev–Trinajstić information content (AvgIpc) is 2.60. The van der Waals surface area contributed by atoms with Crippen LogP contribution >= 0.6 is 0 Å². The van der Waals surface area contributed by atoms with Gasteiger partial charge in [0.05, 0.1) is 31.6 Å². The molecule has 136 valence electrons. The molecule has 1 spiro atoms. The minimum atomic E-state index is -0.249. The average molecular weight is 347 g/mol. The van der Waals surface area contributed by atoms with Crippen molar-refractivity contribution in [1.82, 2.24) is 14.9 Å². The van der Waals surface area contributed by atoms with Crippen LogP contribution in [0.4, 0.5) is 0 Å². The summed E-state index contributed by atoms with van der Waals surface area (Å²) < 4.78 is 17.4. The predicted octanol–water partition coefficient (Wildman–Crippen LogP) is 1.35. The van der Waals surface area contributed by atoms with Gasteiger partial charge in [-0.15, -0.1) is 0 Å². The molecular weight excluding hydrogens is 322 g/mol. The van der Waals surface area contributed by atoms with Crippen molar-refractivity contribution in [2.45, 2.75) is 44.3 Å². The van der Waals surface area contributed by atoms with E-state index < -0.39 is 0 Å². The van der Waals surface area contributed by atoms with Crippen molar-refractivity contribution in [3.63, 3.8) is 0 Å². The Labute approximate surface area is 147 Å². The van der Waals surface area contributed by atoms with Crippen LogP contribution in [0.5, 0.6) is 5.88 Å². The molecule has 1 atom stereocenters. The topological polar surface area (TPSA) is 73.8 Å². The lowest BCUT2D eigenvalue weighted by Crippen LogP contribution is -2.68. The second-order valence-corrected chi connectivity index (χ2v) is 7.34. The summed E-state index contributed by atoms with van der Waals surface area (Å²) in [5.41, 5.74) is 0.595. The molecule has 1 unspecified atom stereocenters. The van der Waals surface area contributed by atoms with E-state index in [1.165, 1.54) is 0 Å². The highest BCUT2D eigenvalue weighted by atomic mass is 16.5. The molecule has 3 saturated heterocycles. The van der Waals surface area contributed by atoms with Crippen molar-refractivity contribution in [3.05, 3.63) is 18.1 Å². The molecule has 1 amide bonds. The highest BCUT2D eigenvalue weighted by molar-refractivity contribution is 5.80. The van der Waals surface area contributed by atoms with Crippen molar-refractivity contribution in [3.8, 4) is 5.88 Å². The molecule has 0 saturated carbocycles. The van der Waals surface area contributed by atoms with Crippen LogP contribution in [0.1, 0.15) is 31.4 Å². The normalized spacial score (nSPS) is 26.3. The summed E-state index contributed by atoms with van der Waals surface area (Å²) >= 11 is 0. The van der Waals surface area contributed by atoms with E-state index in [0.717, 1.165) is 31.4 Å². The van der Waals surface area contributed by atoms with Crippen molar-refractivity contribution >= 4 is 5.91 Å². The Kier molecular flexibility index (Phi) is 4.60. The van der Waals surface area contributed by atoms with Crippen molar-refractivity contribution < 1.29 is 19.0 Å². The van der Waals surface area contributed by atoms with Gasteiger partial charge in [-0.05, 0) is 19.8 Å². The highest BCUT2D eigenvalue weighted by Crippen LogP contribution is 2.37. The van der Waals surface area contributed by atoms with Gasteiger partial charge in [-0.2, -0.15) is 0 Å². The molecular formula is C18H25N3O4. The fourth-order valence-corrected chi connectivity index (χ4v) is 3.98. The van der Waals surface area contributed by atoms with E-state index in [2.05, 4.69) is 9.97 Å². The number of likely N-dealkylation sites (tertiary alicyclic amines) is 1. The van der Waals surface area contributed by atoms with Crippen LogP contribution in [0.15, 0.2) is 12.4 Å². The Bertz CT molecular complexity index is 627. The van der Waals surface area contributed by atoms with E-state index in [-0.39, 0.29) is 23.5 Å². The molecule has 0 aromatic carbocycles. The standard InChI is InChI=1S/C18H25N3O4/c1-13-9-19-10-16(20-13)25-15-4-7-24-18(8-15)11-21(12-18)17(22)14-2-5-23-6-3-14/h9-10,14-15H,2-8,11-12H2,1H3. The van der Waals surface area contributed by atoms with Gasteiger partial charge in [-0.1, -0.05) is 0 Å². The Balaban J connectivity index is 1.32. The van der Waals surface area contributed by atoms with Crippen LogP contribution in [0.25, 0.3) is 0 Å². The molecule has 3 aliphatic rings. The zero-order valence-corrected chi connectivity index (χ0v) is 14.6. The van der Waals surface area contributed by atoms with Gasteiger partial charge in [0.1, 0.15) is 11.7 Å². The second kappa shape index (κ2) is 6.88. The lowest BCUT2D eigenvalue weighted by molar-refractivity contribution is -0.196. The van der Waals surface area contributed by atoms with Crippen LogP contribution in [-0.4, -0.2) is 65.4 Å². The van der Waals surface area contributed by atoms with Gasteiger partial charge in [-0.25, -0.2) is 4.98 Å². The fourth-order valence-electron chi connectivity index (χ4n) is 3.98. The summed E-state index contributed by atoms with van der Waals surface area (Å²) in [5, 5.41) is 0. The number of hydrogen-bond acceptors (Lipinski definition) is 6. The predicted molar refractivity (Wildman–Crippen MR) is 89.2 cm³/mol. The van der Waals surface area contributed by atoms with E-state index in [0.29, 0.717) is 38.8 Å². The van der Waals surface area contributed by atoms with Gasteiger partial charge in [0.2, 0.25) is 11.8 Å². The van der Waals surface area contributed by atoms with Gasteiger partial charge in [0.25, 0.3) is 0 Å². The zero-order valence-electron chi connectivity index (χ0n) is 14.6. The number of rotatable bonds is 3. The molecule has 3 aliphatic heterocycles. The first-order valence-electron chi connectivity index (χ1n) is 9.09. The fraction of sp³-hybridized carbons (Fsp3) is 0.722. The first-order valence-corrected chi connectivity index (χ1v) is 9.09. The number of aryl methyl sites for hydroxylation is 1. The Hall–Kier alpha value is -1.73. The van der Waals surface area contributed by atoms with Crippen LogP contribution in [0.2, 0.25) is 0 Å². The summed E-state index contributed by atoms with van der Waals surface area (Å²) in [6.07, 6.45) is 6.72. The first kappa shape index (κ1) is 16.7. The second-order valence-electron chi connectivity index (χ2n) is 7.34. The summed E-state index contributed by atoms with van der Waals surface area (Å²) in [6, 6.07) is 0. The summed E-state index contributed by atoms with van der Waals surface area (Å²) in [5.74, 6) is 0.936. The molecule has 4 rings (SSSR count). The Morgan fingerprint density at radius 3 is 2.80 bits per heavy atom. The minimum absolute atomic E-state index is 0.0604. The Morgan fingerprint density at radius 1 is 1.24 bits per heavy atom. The maximum Gasteiger partial charge on any atom is 0.232 e. The third-order valence-electron chi connectivity index (χ3n) is 5.31. The molecule has 7 nitrogen and oxygen atoms in total. The molecule has 0 aliphatic carbocycles. The summed E-state index contributed by atoms with van der Waals surface area (Å²) in [6.45, 7) is 5.28. The smallest absolute Gasteiger partial charge is 0.232 e. The molecule has 7 heteroatoms. The summed E-state index contributed by atoms with van der Waals surface area (Å²) in [7, 11) is 0. The third-order valence-corrected chi connectivity index (χ3v) is 5.31. The van der Waals surface area contributed by atoms with Gasteiger partial charge < -0.3 is 19.1 Å². The minimum Gasteiger partial charge on any atom is -0.473 e. The molecule has 1 aromatic heterocycles. The number of hydrogen-bond donors (Lipinski definition) is 0. The van der Waals surface area contributed by atoms with Crippen LogP contribution < -0.4 is 4.74 Å². The number of carbonyl (C=O) groups excluding carboxylic acids is 1. The van der Waals surface area contributed by atoms with Gasteiger partial charge >= 0.3 is 0 Å². The van der Waals surface area contributed by atoms with Crippen molar-refractivity contribution in [1.29, 1.82) is 0 Å². The molecule has 0 N–H and O–H groups in total. The lowest BCUT2D eigenvalue weighted by Gasteiger charge is -2.53. The van der Waals surface area contributed by atoms with Gasteiger partial charge in [0.15, 0.2) is 0 Å². The maximum absolute atomic E-state index is 12.6.